The van der Waals surface area contributed by atoms with E-state index in [0.29, 0.717) is 5.58 Å². The van der Waals surface area contributed by atoms with Gasteiger partial charge in [0.1, 0.15) is 11.3 Å². The molecule has 3 nitrogen and oxygen atoms in total. The smallest absolute Gasteiger partial charge is 0.359 e. The van der Waals surface area contributed by atoms with Crippen LogP contribution in [0.3, 0.4) is 0 Å². The summed E-state index contributed by atoms with van der Waals surface area (Å²) in [5, 5.41) is 0.886. The molecule has 0 bridgehead atoms. The van der Waals surface area contributed by atoms with Crippen LogP contribution < -0.4 is 11.4 Å². The lowest BCUT2D eigenvalue weighted by atomic mass is 10.0. The lowest BCUT2D eigenvalue weighted by molar-refractivity contribution is 0.562. The fourth-order valence-electron chi connectivity index (χ4n) is 2.79. The molecule has 2 N–H and O–H groups in total. The summed E-state index contributed by atoms with van der Waals surface area (Å²) in [4.78, 5) is 11.5. The van der Waals surface area contributed by atoms with Crippen LogP contribution in [0.4, 0.5) is 5.69 Å². The lowest BCUT2D eigenvalue weighted by Gasteiger charge is -2.04. The highest BCUT2D eigenvalue weighted by Gasteiger charge is 2.03. The van der Waals surface area contributed by atoms with Crippen molar-refractivity contribution in [1.82, 2.24) is 0 Å². The van der Waals surface area contributed by atoms with Crippen LogP contribution in [-0.2, 0) is 6.42 Å². The van der Waals surface area contributed by atoms with Crippen LogP contribution in [0.2, 0.25) is 0 Å². The SMILES string of the molecule is CCCCCCCCCCc1ccc2cc(N)c(=O)oc2c1. The molecule has 0 aliphatic carbocycles. The molecule has 120 valence electrons. The minimum atomic E-state index is -0.447. The molecule has 3 heteroatoms. The van der Waals surface area contributed by atoms with Gasteiger partial charge < -0.3 is 10.2 Å². The van der Waals surface area contributed by atoms with Crippen molar-refractivity contribution >= 4 is 16.7 Å². The number of rotatable bonds is 9. The minimum Gasteiger partial charge on any atom is -0.421 e. The third kappa shape index (κ3) is 4.90. The number of nitrogen functional groups attached to an aromatic ring is 1. The van der Waals surface area contributed by atoms with E-state index >= 15 is 0 Å². The van der Waals surface area contributed by atoms with Crippen LogP contribution in [0.25, 0.3) is 11.0 Å². The van der Waals surface area contributed by atoms with Crippen molar-refractivity contribution in [3.8, 4) is 0 Å². The second-order valence-electron chi connectivity index (χ2n) is 6.09. The van der Waals surface area contributed by atoms with Gasteiger partial charge in [-0.05, 0) is 30.5 Å². The zero-order valence-corrected chi connectivity index (χ0v) is 13.6. The molecule has 2 rings (SSSR count). The van der Waals surface area contributed by atoms with E-state index in [0.717, 1.165) is 11.8 Å². The average Bonchev–Trinajstić information content (AvgIpc) is 2.51. The summed E-state index contributed by atoms with van der Waals surface area (Å²) in [5.41, 5.74) is 7.16. The second-order valence-corrected chi connectivity index (χ2v) is 6.09. The van der Waals surface area contributed by atoms with E-state index in [9.17, 15) is 4.79 Å². The first kappa shape index (κ1) is 16.6. The molecule has 22 heavy (non-hydrogen) atoms. The predicted octanol–water partition coefficient (Wildman–Crippen LogP) is 5.06. The van der Waals surface area contributed by atoms with Gasteiger partial charge in [0.2, 0.25) is 0 Å². The molecule has 0 aliphatic heterocycles. The first-order chi connectivity index (χ1) is 10.7. The fourth-order valence-corrected chi connectivity index (χ4v) is 2.79. The highest BCUT2D eigenvalue weighted by Crippen LogP contribution is 2.18. The highest BCUT2D eigenvalue weighted by atomic mass is 16.4. The summed E-state index contributed by atoms with van der Waals surface area (Å²) >= 11 is 0. The summed E-state index contributed by atoms with van der Waals surface area (Å²) in [6.45, 7) is 2.25. The van der Waals surface area contributed by atoms with Gasteiger partial charge in [0.05, 0.1) is 0 Å². The van der Waals surface area contributed by atoms with Crippen LogP contribution in [0, 0.1) is 0 Å². The van der Waals surface area contributed by atoms with Gasteiger partial charge in [0.25, 0.3) is 0 Å². The van der Waals surface area contributed by atoms with Crippen molar-refractivity contribution in [2.45, 2.75) is 64.7 Å². The molecule has 1 aromatic heterocycles. The summed E-state index contributed by atoms with van der Waals surface area (Å²) < 4.78 is 5.23. The highest BCUT2D eigenvalue weighted by molar-refractivity contribution is 5.79. The van der Waals surface area contributed by atoms with Crippen molar-refractivity contribution in [2.24, 2.45) is 0 Å². The first-order valence-electron chi connectivity index (χ1n) is 8.53. The molecule has 0 aliphatic rings. The van der Waals surface area contributed by atoms with Gasteiger partial charge in [-0.1, -0.05) is 64.0 Å². The van der Waals surface area contributed by atoms with Crippen LogP contribution in [0.15, 0.2) is 33.5 Å². The topological polar surface area (TPSA) is 56.2 Å². The van der Waals surface area contributed by atoms with Crippen molar-refractivity contribution in [1.29, 1.82) is 0 Å². The van der Waals surface area contributed by atoms with E-state index in [1.54, 1.807) is 6.07 Å². The summed E-state index contributed by atoms with van der Waals surface area (Å²) in [7, 11) is 0. The largest absolute Gasteiger partial charge is 0.421 e. The van der Waals surface area contributed by atoms with E-state index in [1.165, 1.54) is 56.9 Å². The Balaban J connectivity index is 1.77. The quantitative estimate of drug-likeness (QED) is 0.520. The molecular formula is C19H27NO2. The predicted molar refractivity (Wildman–Crippen MR) is 93.2 cm³/mol. The molecule has 1 heterocycles. The summed E-state index contributed by atoms with van der Waals surface area (Å²) in [6, 6.07) is 7.73. The Morgan fingerprint density at radius 1 is 0.955 bits per heavy atom. The number of unbranched alkanes of at least 4 members (excludes halogenated alkanes) is 7. The Kier molecular flexibility index (Phi) is 6.50. The molecule has 2 aromatic rings. The number of hydrogen-bond donors (Lipinski definition) is 1. The Morgan fingerprint density at radius 3 is 2.36 bits per heavy atom. The molecule has 0 saturated carbocycles. The normalized spacial score (nSPS) is 11.1. The summed E-state index contributed by atoms with van der Waals surface area (Å²) in [5.74, 6) is 0. The van der Waals surface area contributed by atoms with Crippen LogP contribution in [0.5, 0.6) is 0 Å². The molecule has 0 saturated heterocycles. The molecule has 0 atom stereocenters. The van der Waals surface area contributed by atoms with Crippen LogP contribution in [0.1, 0.15) is 63.9 Å². The maximum Gasteiger partial charge on any atom is 0.359 e. The molecule has 0 fully saturated rings. The van der Waals surface area contributed by atoms with E-state index in [2.05, 4.69) is 13.0 Å². The Hall–Kier alpha value is -1.77. The zero-order chi connectivity index (χ0) is 15.8. The van der Waals surface area contributed by atoms with Crippen molar-refractivity contribution < 1.29 is 4.42 Å². The number of nitrogens with two attached hydrogens (primary N) is 1. The fraction of sp³-hybridized carbons (Fsp3) is 0.526. The van der Waals surface area contributed by atoms with Gasteiger partial charge in [-0.25, -0.2) is 4.79 Å². The van der Waals surface area contributed by atoms with Crippen molar-refractivity contribution in [3.63, 3.8) is 0 Å². The minimum absolute atomic E-state index is 0.170. The van der Waals surface area contributed by atoms with Crippen LogP contribution >= 0.6 is 0 Å². The summed E-state index contributed by atoms with van der Waals surface area (Å²) in [6.07, 6.45) is 11.6. The Morgan fingerprint density at radius 2 is 1.64 bits per heavy atom. The van der Waals surface area contributed by atoms with Gasteiger partial charge in [-0.15, -0.1) is 0 Å². The molecule has 0 amide bonds. The van der Waals surface area contributed by atoms with E-state index in [4.69, 9.17) is 10.2 Å². The van der Waals surface area contributed by atoms with E-state index in [-0.39, 0.29) is 5.69 Å². The van der Waals surface area contributed by atoms with Crippen molar-refractivity contribution in [2.75, 3.05) is 5.73 Å². The van der Waals surface area contributed by atoms with Crippen molar-refractivity contribution in [3.05, 3.63) is 40.2 Å². The maximum atomic E-state index is 11.5. The number of hydrogen-bond acceptors (Lipinski definition) is 3. The lowest BCUT2D eigenvalue weighted by Crippen LogP contribution is -2.05. The molecular weight excluding hydrogens is 274 g/mol. The Bertz CT molecular complexity index is 645. The number of anilines is 1. The monoisotopic (exact) mass is 301 g/mol. The maximum absolute atomic E-state index is 11.5. The number of benzene rings is 1. The van der Waals surface area contributed by atoms with E-state index in [1.807, 2.05) is 12.1 Å². The standard InChI is InChI=1S/C19H27NO2/c1-2-3-4-5-6-7-8-9-10-15-11-12-16-14-17(20)19(21)22-18(16)13-15/h11-14H,2-10,20H2,1H3. The zero-order valence-electron chi connectivity index (χ0n) is 13.6. The third-order valence-corrected chi connectivity index (χ3v) is 4.15. The second kappa shape index (κ2) is 8.62. The van der Waals surface area contributed by atoms with Gasteiger partial charge >= 0.3 is 5.63 Å². The van der Waals surface area contributed by atoms with Gasteiger partial charge in [-0.2, -0.15) is 0 Å². The molecule has 0 radical (unpaired) electrons. The average molecular weight is 301 g/mol. The molecule has 1 aromatic carbocycles. The van der Waals surface area contributed by atoms with Gasteiger partial charge in [-0.3, -0.25) is 0 Å². The number of aryl methyl sites for hydroxylation is 1. The molecule has 0 unspecified atom stereocenters. The van der Waals surface area contributed by atoms with Gasteiger partial charge in [0.15, 0.2) is 0 Å². The van der Waals surface area contributed by atoms with Crippen LogP contribution in [-0.4, -0.2) is 0 Å². The van der Waals surface area contributed by atoms with Gasteiger partial charge in [0, 0.05) is 5.39 Å². The number of fused-ring (bicyclic) bond motifs is 1. The molecule has 0 spiro atoms. The van der Waals surface area contributed by atoms with E-state index < -0.39 is 5.63 Å². The Labute approximate surface area is 132 Å². The first-order valence-corrected chi connectivity index (χ1v) is 8.53. The third-order valence-electron chi connectivity index (χ3n) is 4.15.